The first-order valence-electron chi connectivity index (χ1n) is 6.96. The van der Waals surface area contributed by atoms with E-state index in [0.29, 0.717) is 5.91 Å². The Morgan fingerprint density at radius 3 is 2.89 bits per heavy atom. The first-order chi connectivity index (χ1) is 8.86. The first kappa shape index (κ1) is 14.4. The number of nitrogens with zero attached hydrogens (tertiary/aromatic N) is 1. The van der Waals surface area contributed by atoms with Crippen molar-refractivity contribution < 1.29 is 4.79 Å². The predicted octanol–water partition coefficient (Wildman–Crippen LogP) is 2.39. The van der Waals surface area contributed by atoms with Gasteiger partial charge < -0.3 is 10.2 Å². The molecule has 3 nitrogen and oxygen atoms in total. The molecule has 2 heterocycles. The Labute approximate surface area is 120 Å². The van der Waals surface area contributed by atoms with Gasteiger partial charge in [-0.2, -0.15) is 0 Å². The minimum absolute atomic E-state index is 0. The van der Waals surface area contributed by atoms with Crippen LogP contribution in [0.1, 0.15) is 24.8 Å². The minimum atomic E-state index is 0. The fourth-order valence-electron chi connectivity index (χ4n) is 3.05. The zero-order valence-electron chi connectivity index (χ0n) is 11.1. The number of nitrogens with one attached hydrogen (secondary N) is 1. The molecule has 1 aromatic rings. The highest BCUT2D eigenvalue weighted by atomic mass is 35.5. The molecule has 1 unspecified atom stereocenters. The highest BCUT2D eigenvalue weighted by Crippen LogP contribution is 2.28. The summed E-state index contributed by atoms with van der Waals surface area (Å²) in [6, 6.07) is 8.33. The van der Waals surface area contributed by atoms with Crippen molar-refractivity contribution in [3.63, 3.8) is 0 Å². The molecule has 0 saturated carbocycles. The Morgan fingerprint density at radius 2 is 2.11 bits per heavy atom. The van der Waals surface area contributed by atoms with Crippen LogP contribution in [-0.2, 0) is 11.2 Å². The topological polar surface area (TPSA) is 32.3 Å². The smallest absolute Gasteiger partial charge is 0.231 e. The number of hydrogen-bond acceptors (Lipinski definition) is 2. The molecule has 0 spiro atoms. The van der Waals surface area contributed by atoms with Crippen LogP contribution in [0.2, 0.25) is 0 Å². The second-order valence-electron chi connectivity index (χ2n) is 5.27. The zero-order valence-corrected chi connectivity index (χ0v) is 11.9. The number of carbonyl (C=O) groups is 1. The summed E-state index contributed by atoms with van der Waals surface area (Å²) in [5.74, 6) is 0.485. The first-order valence-corrected chi connectivity index (χ1v) is 6.96. The van der Waals surface area contributed by atoms with Crippen molar-refractivity contribution in [3.8, 4) is 0 Å². The maximum Gasteiger partial charge on any atom is 0.231 e. The van der Waals surface area contributed by atoms with Crippen LogP contribution < -0.4 is 10.2 Å². The van der Waals surface area contributed by atoms with Gasteiger partial charge in [0.25, 0.3) is 0 Å². The molecule has 1 N–H and O–H groups in total. The van der Waals surface area contributed by atoms with Gasteiger partial charge in [-0.1, -0.05) is 18.2 Å². The van der Waals surface area contributed by atoms with Gasteiger partial charge >= 0.3 is 0 Å². The lowest BCUT2D eigenvalue weighted by Gasteiger charge is -2.33. The number of anilines is 1. The molecular formula is C15H21ClN2O. The number of para-hydroxylation sites is 1. The van der Waals surface area contributed by atoms with Crippen molar-refractivity contribution in [2.45, 2.75) is 25.7 Å². The predicted molar refractivity (Wildman–Crippen MR) is 80.0 cm³/mol. The van der Waals surface area contributed by atoms with Crippen molar-refractivity contribution in [1.82, 2.24) is 5.32 Å². The number of hydrogen-bond donors (Lipinski definition) is 1. The summed E-state index contributed by atoms with van der Waals surface area (Å²) in [5.41, 5.74) is 2.46. The van der Waals surface area contributed by atoms with Crippen molar-refractivity contribution in [2.75, 3.05) is 24.5 Å². The van der Waals surface area contributed by atoms with E-state index in [4.69, 9.17) is 0 Å². The highest BCUT2D eigenvalue weighted by Gasteiger charge is 2.29. The van der Waals surface area contributed by atoms with Gasteiger partial charge in [0.15, 0.2) is 0 Å². The van der Waals surface area contributed by atoms with Crippen LogP contribution in [0.3, 0.4) is 0 Å². The van der Waals surface area contributed by atoms with Gasteiger partial charge in [0.2, 0.25) is 5.91 Å². The molecule has 1 saturated heterocycles. The molecule has 2 aliphatic heterocycles. The van der Waals surface area contributed by atoms with Crippen LogP contribution >= 0.6 is 12.4 Å². The zero-order chi connectivity index (χ0) is 12.4. The van der Waals surface area contributed by atoms with E-state index in [0.717, 1.165) is 51.0 Å². The van der Waals surface area contributed by atoms with E-state index in [1.807, 2.05) is 11.0 Å². The normalized spacial score (nSPS) is 22.3. The second kappa shape index (κ2) is 6.40. The number of amides is 1. The van der Waals surface area contributed by atoms with Crippen LogP contribution in [-0.4, -0.2) is 25.5 Å². The van der Waals surface area contributed by atoms with Gasteiger partial charge in [0.05, 0.1) is 5.92 Å². The Kier molecular flexibility index (Phi) is 4.83. The molecule has 1 atom stereocenters. The van der Waals surface area contributed by atoms with Crippen molar-refractivity contribution >= 4 is 24.0 Å². The number of aryl methyl sites for hydroxylation is 1. The molecule has 104 valence electrons. The number of halogens is 1. The second-order valence-corrected chi connectivity index (χ2v) is 5.27. The lowest BCUT2D eigenvalue weighted by molar-refractivity contribution is -0.122. The summed E-state index contributed by atoms with van der Waals surface area (Å²) in [6.45, 7) is 2.78. The molecule has 0 aliphatic carbocycles. The fourth-order valence-corrected chi connectivity index (χ4v) is 3.05. The van der Waals surface area contributed by atoms with Crippen molar-refractivity contribution in [2.24, 2.45) is 5.92 Å². The van der Waals surface area contributed by atoms with Crippen LogP contribution in [0, 0.1) is 5.92 Å². The standard InChI is InChI=1S/C15H20N2O.ClH/c18-15(13-6-3-9-16-11-13)17-10-4-7-12-5-1-2-8-14(12)17;/h1-2,5,8,13,16H,3-4,6-7,9-11H2;1H. The molecule has 1 aromatic carbocycles. The minimum Gasteiger partial charge on any atom is -0.316 e. The summed E-state index contributed by atoms with van der Waals surface area (Å²) >= 11 is 0. The number of carbonyl (C=O) groups excluding carboxylic acids is 1. The largest absolute Gasteiger partial charge is 0.316 e. The van der Waals surface area contributed by atoms with E-state index in [-0.39, 0.29) is 18.3 Å². The molecule has 0 bridgehead atoms. The third kappa shape index (κ3) is 2.93. The quantitative estimate of drug-likeness (QED) is 0.857. The number of rotatable bonds is 1. The number of fused-ring (bicyclic) bond motifs is 1. The van der Waals surface area contributed by atoms with E-state index < -0.39 is 0 Å². The molecular weight excluding hydrogens is 260 g/mol. The third-order valence-electron chi connectivity index (χ3n) is 4.02. The summed E-state index contributed by atoms with van der Waals surface area (Å²) in [7, 11) is 0. The molecule has 19 heavy (non-hydrogen) atoms. The van der Waals surface area contributed by atoms with E-state index in [2.05, 4.69) is 23.5 Å². The van der Waals surface area contributed by atoms with Gasteiger partial charge in [0, 0.05) is 18.8 Å². The van der Waals surface area contributed by atoms with Gasteiger partial charge in [-0.3, -0.25) is 4.79 Å². The average Bonchev–Trinajstić information content (AvgIpc) is 2.47. The van der Waals surface area contributed by atoms with Crippen LogP contribution in [0.4, 0.5) is 5.69 Å². The highest BCUT2D eigenvalue weighted by molar-refractivity contribution is 5.96. The van der Waals surface area contributed by atoms with E-state index in [1.54, 1.807) is 0 Å². The van der Waals surface area contributed by atoms with Crippen molar-refractivity contribution in [1.29, 1.82) is 0 Å². The Hall–Kier alpha value is -1.06. The third-order valence-corrected chi connectivity index (χ3v) is 4.02. The molecule has 1 fully saturated rings. The Balaban J connectivity index is 0.00000133. The molecule has 1 amide bonds. The van der Waals surface area contributed by atoms with E-state index in [9.17, 15) is 4.79 Å². The van der Waals surface area contributed by atoms with Gasteiger partial charge in [-0.25, -0.2) is 0 Å². The average molecular weight is 281 g/mol. The number of benzene rings is 1. The van der Waals surface area contributed by atoms with Gasteiger partial charge in [-0.15, -0.1) is 12.4 Å². The summed E-state index contributed by atoms with van der Waals surface area (Å²) < 4.78 is 0. The monoisotopic (exact) mass is 280 g/mol. The van der Waals surface area contributed by atoms with Crippen molar-refractivity contribution in [3.05, 3.63) is 29.8 Å². The van der Waals surface area contributed by atoms with E-state index >= 15 is 0 Å². The molecule has 4 heteroatoms. The van der Waals surface area contributed by atoms with Crippen LogP contribution in [0.15, 0.2) is 24.3 Å². The SMILES string of the molecule is Cl.O=C(C1CCCNC1)N1CCCc2ccccc21. The number of piperidine rings is 1. The van der Waals surface area contributed by atoms with Crippen LogP contribution in [0.25, 0.3) is 0 Å². The fraction of sp³-hybridized carbons (Fsp3) is 0.533. The molecule has 0 aromatic heterocycles. The maximum absolute atomic E-state index is 12.6. The lowest BCUT2D eigenvalue weighted by atomic mass is 9.95. The summed E-state index contributed by atoms with van der Waals surface area (Å²) in [5, 5.41) is 3.33. The Bertz CT molecular complexity index is 444. The van der Waals surface area contributed by atoms with Crippen LogP contribution in [0.5, 0.6) is 0 Å². The van der Waals surface area contributed by atoms with Gasteiger partial charge in [0.1, 0.15) is 0 Å². The molecule has 0 radical (unpaired) electrons. The molecule has 2 aliphatic rings. The van der Waals surface area contributed by atoms with E-state index in [1.165, 1.54) is 5.56 Å². The summed E-state index contributed by atoms with van der Waals surface area (Å²) in [4.78, 5) is 14.6. The maximum atomic E-state index is 12.6. The lowest BCUT2D eigenvalue weighted by Crippen LogP contribution is -2.45. The van der Waals surface area contributed by atoms with Gasteiger partial charge in [-0.05, 0) is 43.9 Å². The summed E-state index contributed by atoms with van der Waals surface area (Å²) in [6.07, 6.45) is 4.34. The Morgan fingerprint density at radius 1 is 1.26 bits per heavy atom. The molecule has 3 rings (SSSR count).